The Labute approximate surface area is 125 Å². The number of rotatable bonds is 6. The monoisotopic (exact) mass is 296 g/mol. The van der Waals surface area contributed by atoms with Crippen LogP contribution in [-0.2, 0) is 23.1 Å². The molecule has 1 N–H and O–H groups in total. The molecule has 7 heteroatoms. The molecule has 0 radical (unpaired) electrons. The first-order chi connectivity index (χ1) is 10.1. The van der Waals surface area contributed by atoms with Crippen molar-refractivity contribution in [1.82, 2.24) is 20.0 Å². The van der Waals surface area contributed by atoms with E-state index >= 15 is 0 Å². The number of morpholine rings is 1. The van der Waals surface area contributed by atoms with Crippen molar-refractivity contribution < 1.29 is 14.3 Å². The molecular weight excluding hydrogens is 272 g/mol. The first kappa shape index (κ1) is 15.9. The molecule has 118 valence electrons. The average molecular weight is 296 g/mol. The van der Waals surface area contributed by atoms with Crippen molar-refractivity contribution in [2.45, 2.75) is 19.6 Å². The van der Waals surface area contributed by atoms with E-state index in [0.29, 0.717) is 18.7 Å². The van der Waals surface area contributed by atoms with Crippen LogP contribution in [0.4, 0.5) is 0 Å². The van der Waals surface area contributed by atoms with Crippen LogP contribution < -0.4 is 5.32 Å². The lowest BCUT2D eigenvalue weighted by Crippen LogP contribution is -2.44. The molecule has 1 aliphatic heterocycles. The third-order valence-corrected chi connectivity index (χ3v) is 3.56. The summed E-state index contributed by atoms with van der Waals surface area (Å²) in [6, 6.07) is 0. The van der Waals surface area contributed by atoms with Crippen molar-refractivity contribution in [2.75, 3.05) is 39.9 Å². The van der Waals surface area contributed by atoms with Gasteiger partial charge in [0.15, 0.2) is 0 Å². The molecule has 1 aromatic heterocycles. The van der Waals surface area contributed by atoms with Gasteiger partial charge >= 0.3 is 5.97 Å². The Morgan fingerprint density at radius 1 is 1.57 bits per heavy atom. The number of carbonyl (C=O) groups excluding carboxylic acids is 1. The maximum atomic E-state index is 11.9. The molecule has 0 bridgehead atoms. The predicted octanol–water partition coefficient (Wildman–Crippen LogP) is 0.0170. The number of hydrogen-bond donors (Lipinski definition) is 1. The predicted molar refractivity (Wildman–Crippen MR) is 78.1 cm³/mol. The first-order valence-corrected chi connectivity index (χ1v) is 7.30. The zero-order valence-electron chi connectivity index (χ0n) is 13.0. The second-order valence-corrected chi connectivity index (χ2v) is 5.23. The van der Waals surface area contributed by atoms with E-state index < -0.39 is 0 Å². The molecule has 21 heavy (non-hydrogen) atoms. The van der Waals surface area contributed by atoms with Gasteiger partial charge in [-0.3, -0.25) is 4.68 Å². The topological polar surface area (TPSA) is 68.6 Å². The van der Waals surface area contributed by atoms with Gasteiger partial charge < -0.3 is 19.7 Å². The average Bonchev–Trinajstić information content (AvgIpc) is 2.81. The molecule has 0 aliphatic carbocycles. The summed E-state index contributed by atoms with van der Waals surface area (Å²) in [5.74, 6) is -0.323. The molecule has 1 saturated heterocycles. The minimum absolute atomic E-state index is 0.183. The van der Waals surface area contributed by atoms with E-state index in [9.17, 15) is 4.79 Å². The molecule has 7 nitrogen and oxygen atoms in total. The lowest BCUT2D eigenvalue weighted by molar-refractivity contribution is -0.0182. The molecular formula is C14H24N4O3. The van der Waals surface area contributed by atoms with Crippen LogP contribution in [0.25, 0.3) is 0 Å². The fourth-order valence-electron chi connectivity index (χ4n) is 2.39. The second-order valence-electron chi connectivity index (χ2n) is 5.23. The van der Waals surface area contributed by atoms with Gasteiger partial charge in [-0.2, -0.15) is 5.10 Å². The highest BCUT2D eigenvalue weighted by Gasteiger charge is 2.19. The van der Waals surface area contributed by atoms with E-state index in [4.69, 9.17) is 9.47 Å². The Hall–Kier alpha value is -1.44. The summed E-state index contributed by atoms with van der Waals surface area (Å²) in [6.45, 7) is 6.13. The summed E-state index contributed by atoms with van der Waals surface area (Å²) < 4.78 is 12.4. The Balaban J connectivity index is 1.88. The number of esters is 1. The largest absolute Gasteiger partial charge is 0.462 e. The van der Waals surface area contributed by atoms with Gasteiger partial charge in [0.2, 0.25) is 0 Å². The Morgan fingerprint density at radius 2 is 2.38 bits per heavy atom. The van der Waals surface area contributed by atoms with E-state index in [1.807, 2.05) is 7.05 Å². The van der Waals surface area contributed by atoms with Gasteiger partial charge in [0.05, 0.1) is 31.2 Å². The van der Waals surface area contributed by atoms with E-state index in [1.165, 1.54) is 0 Å². The summed E-state index contributed by atoms with van der Waals surface area (Å²) in [7, 11) is 3.92. The molecule has 0 spiro atoms. The number of nitrogens with one attached hydrogen (secondary N) is 1. The number of likely N-dealkylation sites (N-methyl/N-ethyl adjacent to an activating group) is 1. The highest BCUT2D eigenvalue weighted by atomic mass is 16.5. The molecule has 0 amide bonds. The highest BCUT2D eigenvalue weighted by Crippen LogP contribution is 2.09. The van der Waals surface area contributed by atoms with Crippen LogP contribution in [-0.4, -0.2) is 66.6 Å². The number of aromatic nitrogens is 2. The molecule has 1 atom stereocenters. The van der Waals surface area contributed by atoms with E-state index in [2.05, 4.69) is 22.4 Å². The molecule has 0 aromatic carbocycles. The molecule has 1 aliphatic rings. The third kappa shape index (κ3) is 4.26. The Kier molecular flexibility index (Phi) is 5.72. The molecule has 1 fully saturated rings. The standard InChI is InChI=1S/C14H24N4O3/c1-4-20-14(19)12-8-16-18(3)13(12)9-15-7-11-10-17(2)5-6-21-11/h8,11,15H,4-7,9-10H2,1-3H3. The normalized spacial score (nSPS) is 19.7. The van der Waals surface area contributed by atoms with Crippen LogP contribution in [0.1, 0.15) is 23.0 Å². The van der Waals surface area contributed by atoms with Gasteiger partial charge in [-0.25, -0.2) is 4.79 Å². The van der Waals surface area contributed by atoms with Gasteiger partial charge in [-0.05, 0) is 14.0 Å². The van der Waals surface area contributed by atoms with Crippen LogP contribution in [0.2, 0.25) is 0 Å². The summed E-state index contributed by atoms with van der Waals surface area (Å²) in [5.41, 5.74) is 1.35. The SMILES string of the molecule is CCOC(=O)c1cnn(C)c1CNCC1CN(C)CCO1. The maximum absolute atomic E-state index is 11.9. The first-order valence-electron chi connectivity index (χ1n) is 7.30. The summed E-state index contributed by atoms with van der Waals surface area (Å²) in [6.07, 6.45) is 1.74. The smallest absolute Gasteiger partial charge is 0.341 e. The number of nitrogens with zero attached hydrogens (tertiary/aromatic N) is 3. The van der Waals surface area contributed by atoms with Gasteiger partial charge in [-0.15, -0.1) is 0 Å². The van der Waals surface area contributed by atoms with Crippen molar-refractivity contribution in [3.63, 3.8) is 0 Å². The maximum Gasteiger partial charge on any atom is 0.341 e. The van der Waals surface area contributed by atoms with E-state index in [-0.39, 0.29) is 12.1 Å². The summed E-state index contributed by atoms with van der Waals surface area (Å²) in [4.78, 5) is 14.1. The minimum Gasteiger partial charge on any atom is -0.462 e. The van der Waals surface area contributed by atoms with E-state index in [1.54, 1.807) is 17.8 Å². The second kappa shape index (κ2) is 7.53. The minimum atomic E-state index is -0.323. The van der Waals surface area contributed by atoms with Crippen molar-refractivity contribution in [3.8, 4) is 0 Å². The molecule has 2 heterocycles. The van der Waals surface area contributed by atoms with Gasteiger partial charge in [0.1, 0.15) is 5.56 Å². The quantitative estimate of drug-likeness (QED) is 0.746. The molecule has 1 unspecified atom stereocenters. The number of hydrogen-bond acceptors (Lipinski definition) is 6. The third-order valence-electron chi connectivity index (χ3n) is 3.56. The van der Waals surface area contributed by atoms with Crippen LogP contribution in [0.15, 0.2) is 6.20 Å². The fourth-order valence-corrected chi connectivity index (χ4v) is 2.39. The van der Waals surface area contributed by atoms with Crippen molar-refractivity contribution in [3.05, 3.63) is 17.5 Å². The van der Waals surface area contributed by atoms with Crippen molar-refractivity contribution in [2.24, 2.45) is 7.05 Å². The van der Waals surface area contributed by atoms with Gasteiger partial charge in [0, 0.05) is 33.2 Å². The lowest BCUT2D eigenvalue weighted by atomic mass is 10.2. The van der Waals surface area contributed by atoms with Crippen molar-refractivity contribution >= 4 is 5.97 Å². The van der Waals surface area contributed by atoms with Gasteiger partial charge in [0.25, 0.3) is 0 Å². The van der Waals surface area contributed by atoms with Crippen LogP contribution >= 0.6 is 0 Å². The van der Waals surface area contributed by atoms with Crippen LogP contribution in [0.3, 0.4) is 0 Å². The number of ether oxygens (including phenoxy) is 2. The zero-order valence-corrected chi connectivity index (χ0v) is 13.0. The Bertz CT molecular complexity index is 475. The van der Waals surface area contributed by atoms with Crippen molar-refractivity contribution in [1.29, 1.82) is 0 Å². The molecule has 0 saturated carbocycles. The highest BCUT2D eigenvalue weighted by molar-refractivity contribution is 5.90. The van der Waals surface area contributed by atoms with Crippen LogP contribution in [0, 0.1) is 0 Å². The number of aryl methyl sites for hydroxylation is 1. The molecule has 1 aromatic rings. The van der Waals surface area contributed by atoms with Gasteiger partial charge in [-0.1, -0.05) is 0 Å². The van der Waals surface area contributed by atoms with Crippen LogP contribution in [0.5, 0.6) is 0 Å². The molecule has 2 rings (SSSR count). The van der Waals surface area contributed by atoms with E-state index in [0.717, 1.165) is 31.9 Å². The number of carbonyl (C=O) groups is 1. The lowest BCUT2D eigenvalue weighted by Gasteiger charge is -2.30. The summed E-state index contributed by atoms with van der Waals surface area (Å²) >= 11 is 0. The zero-order chi connectivity index (χ0) is 15.2. The summed E-state index contributed by atoms with van der Waals surface area (Å²) in [5, 5.41) is 7.47. The fraction of sp³-hybridized carbons (Fsp3) is 0.714. The Morgan fingerprint density at radius 3 is 3.10 bits per heavy atom.